The van der Waals surface area contributed by atoms with Gasteiger partial charge < -0.3 is 36.8 Å². The smallest absolute Gasteiger partial charge is 0.305 e. The van der Waals surface area contributed by atoms with Crippen LogP contribution < -0.4 is 31.9 Å². The Hall–Kier alpha value is -3.26. The van der Waals surface area contributed by atoms with Crippen LogP contribution in [0.1, 0.15) is 47.5 Å². The van der Waals surface area contributed by atoms with E-state index in [2.05, 4.69) is 31.9 Å². The molecular weight excluding hydrogens is 452 g/mol. The van der Waals surface area contributed by atoms with Gasteiger partial charge in [0.1, 0.15) is 12.3 Å². The van der Waals surface area contributed by atoms with Crippen LogP contribution in [0.25, 0.3) is 0 Å². The predicted molar refractivity (Wildman–Crippen MR) is 120 cm³/mol. The standard InChI is InChI=1S/C20H36N6O8/c1-10(2)8-14(23-11(3)27)19(33)26-15(9-16(30)31)18(32)21-6-7-22-20(34)17(24-12(4)28)25-13(5)29/h10,14-15,17-18,21,32H,6-9H2,1-5H3,(H,22,34)(H,23,27)(H,24,28)(H,25,29)(H,26,33)(H,30,31)/t14-,15-,18+/m0/s1. The number of aliphatic hydroxyl groups is 1. The Morgan fingerprint density at radius 2 is 1.29 bits per heavy atom. The Kier molecular flexibility index (Phi) is 14.1. The second-order valence-corrected chi connectivity index (χ2v) is 8.12. The molecule has 0 radical (unpaired) electrons. The summed E-state index contributed by atoms with van der Waals surface area (Å²) in [6, 6.07) is -2.13. The highest BCUT2D eigenvalue weighted by atomic mass is 16.4. The first-order valence-corrected chi connectivity index (χ1v) is 10.8. The molecule has 0 aliphatic heterocycles. The zero-order valence-corrected chi connectivity index (χ0v) is 20.1. The summed E-state index contributed by atoms with van der Waals surface area (Å²) in [4.78, 5) is 69.7. The van der Waals surface area contributed by atoms with E-state index in [-0.39, 0.29) is 19.0 Å². The van der Waals surface area contributed by atoms with Gasteiger partial charge in [0.15, 0.2) is 6.17 Å². The van der Waals surface area contributed by atoms with Crippen LogP contribution in [0.15, 0.2) is 0 Å². The summed E-state index contributed by atoms with van der Waals surface area (Å²) in [6.45, 7) is 7.22. The molecule has 8 N–H and O–H groups in total. The van der Waals surface area contributed by atoms with Crippen molar-refractivity contribution in [3.8, 4) is 0 Å². The van der Waals surface area contributed by atoms with E-state index in [0.29, 0.717) is 6.42 Å². The molecule has 0 aliphatic rings. The Morgan fingerprint density at radius 3 is 1.74 bits per heavy atom. The molecule has 14 heteroatoms. The van der Waals surface area contributed by atoms with Gasteiger partial charge in [-0.1, -0.05) is 13.8 Å². The largest absolute Gasteiger partial charge is 0.481 e. The number of aliphatic hydroxyl groups excluding tert-OH is 1. The fourth-order valence-corrected chi connectivity index (χ4v) is 2.89. The van der Waals surface area contributed by atoms with Crippen molar-refractivity contribution >= 4 is 35.5 Å². The molecule has 0 aromatic rings. The topological polar surface area (TPSA) is 215 Å². The molecule has 0 spiro atoms. The first-order chi connectivity index (χ1) is 15.7. The highest BCUT2D eigenvalue weighted by Gasteiger charge is 2.28. The normalized spacial score (nSPS) is 13.4. The molecule has 0 saturated heterocycles. The lowest BCUT2D eigenvalue weighted by Gasteiger charge is -2.27. The lowest BCUT2D eigenvalue weighted by Crippen LogP contribution is -2.58. The fraction of sp³-hybridized carbons (Fsp3) is 0.700. The number of hydrogen-bond acceptors (Lipinski definition) is 8. The van der Waals surface area contributed by atoms with E-state index in [1.54, 1.807) is 0 Å². The summed E-state index contributed by atoms with van der Waals surface area (Å²) in [5.41, 5.74) is 0. The van der Waals surface area contributed by atoms with E-state index in [1.165, 1.54) is 20.8 Å². The zero-order chi connectivity index (χ0) is 26.4. The minimum Gasteiger partial charge on any atom is -0.481 e. The van der Waals surface area contributed by atoms with E-state index in [0.717, 1.165) is 0 Å². The highest BCUT2D eigenvalue weighted by molar-refractivity contribution is 5.90. The highest BCUT2D eigenvalue weighted by Crippen LogP contribution is 2.07. The van der Waals surface area contributed by atoms with E-state index >= 15 is 0 Å². The van der Waals surface area contributed by atoms with Gasteiger partial charge in [-0.2, -0.15) is 0 Å². The molecule has 0 rings (SSSR count). The second kappa shape index (κ2) is 15.6. The third kappa shape index (κ3) is 14.0. The molecule has 0 aromatic heterocycles. The van der Waals surface area contributed by atoms with E-state index in [4.69, 9.17) is 5.11 Å². The molecule has 34 heavy (non-hydrogen) atoms. The quantitative estimate of drug-likeness (QED) is 0.0876. The molecule has 0 saturated carbocycles. The molecular formula is C20H36N6O8. The maximum absolute atomic E-state index is 12.6. The number of carboxylic acids is 1. The van der Waals surface area contributed by atoms with Crippen molar-refractivity contribution < 1.29 is 39.0 Å². The third-order valence-electron chi connectivity index (χ3n) is 4.24. The summed E-state index contributed by atoms with van der Waals surface area (Å²) >= 11 is 0. The SMILES string of the molecule is CC(=O)NC(NC(C)=O)C(=O)NCCN[C@H](O)[C@H](CC(=O)O)NC(=O)[C@H](CC(C)C)NC(C)=O. The van der Waals surface area contributed by atoms with Crippen molar-refractivity contribution in [2.24, 2.45) is 5.92 Å². The van der Waals surface area contributed by atoms with Crippen LogP contribution in [-0.4, -0.2) is 83.3 Å². The number of carbonyl (C=O) groups excluding carboxylic acids is 5. The monoisotopic (exact) mass is 488 g/mol. The number of hydrogen-bond donors (Lipinski definition) is 8. The molecule has 0 aliphatic carbocycles. The summed E-state index contributed by atoms with van der Waals surface area (Å²) < 4.78 is 0. The number of amides is 5. The van der Waals surface area contributed by atoms with Crippen LogP contribution in [0.2, 0.25) is 0 Å². The molecule has 0 heterocycles. The second-order valence-electron chi connectivity index (χ2n) is 8.12. The minimum absolute atomic E-state index is 0.0348. The Bertz CT molecular complexity index is 729. The van der Waals surface area contributed by atoms with Gasteiger partial charge in [-0.25, -0.2) is 0 Å². The summed E-state index contributed by atoms with van der Waals surface area (Å²) in [5, 5.41) is 34.0. The van der Waals surface area contributed by atoms with Crippen molar-refractivity contribution in [2.75, 3.05) is 13.1 Å². The summed E-state index contributed by atoms with van der Waals surface area (Å²) in [6.07, 6.45) is -3.07. The van der Waals surface area contributed by atoms with Gasteiger partial charge in [-0.05, 0) is 12.3 Å². The van der Waals surface area contributed by atoms with Crippen molar-refractivity contribution in [2.45, 2.75) is 71.9 Å². The number of rotatable bonds is 15. The molecule has 0 aromatic carbocycles. The van der Waals surface area contributed by atoms with E-state index < -0.39 is 66.4 Å². The van der Waals surface area contributed by atoms with Gasteiger partial charge in [0, 0.05) is 33.9 Å². The van der Waals surface area contributed by atoms with Crippen LogP contribution in [-0.2, 0) is 28.8 Å². The lowest BCUT2D eigenvalue weighted by molar-refractivity contribution is -0.139. The number of nitrogens with one attached hydrogen (secondary N) is 6. The van der Waals surface area contributed by atoms with Crippen molar-refractivity contribution in [1.29, 1.82) is 0 Å². The molecule has 0 bridgehead atoms. The maximum atomic E-state index is 12.6. The number of carboxylic acid groups (broad SMARTS) is 1. The Balaban J connectivity index is 4.95. The van der Waals surface area contributed by atoms with Gasteiger partial charge in [0.2, 0.25) is 23.6 Å². The molecule has 0 unspecified atom stereocenters. The average molecular weight is 489 g/mol. The van der Waals surface area contributed by atoms with Crippen molar-refractivity contribution in [1.82, 2.24) is 31.9 Å². The number of aliphatic carboxylic acids is 1. The lowest BCUT2D eigenvalue weighted by atomic mass is 10.0. The van der Waals surface area contributed by atoms with Gasteiger partial charge in [-0.15, -0.1) is 0 Å². The van der Waals surface area contributed by atoms with Crippen LogP contribution in [0.3, 0.4) is 0 Å². The minimum atomic E-state index is -1.49. The fourth-order valence-electron chi connectivity index (χ4n) is 2.89. The molecule has 194 valence electrons. The van der Waals surface area contributed by atoms with E-state index in [9.17, 15) is 33.9 Å². The van der Waals surface area contributed by atoms with Gasteiger partial charge in [0.05, 0.1) is 12.5 Å². The average Bonchev–Trinajstić information content (AvgIpc) is 2.67. The van der Waals surface area contributed by atoms with E-state index in [1.807, 2.05) is 13.8 Å². The van der Waals surface area contributed by atoms with Gasteiger partial charge >= 0.3 is 5.97 Å². The molecule has 5 amide bonds. The summed E-state index contributed by atoms with van der Waals surface area (Å²) in [5.74, 6) is -4.06. The molecule has 3 atom stereocenters. The zero-order valence-electron chi connectivity index (χ0n) is 20.1. The van der Waals surface area contributed by atoms with Crippen molar-refractivity contribution in [3.63, 3.8) is 0 Å². The van der Waals surface area contributed by atoms with Gasteiger partial charge in [0.25, 0.3) is 5.91 Å². The Morgan fingerprint density at radius 1 is 0.765 bits per heavy atom. The van der Waals surface area contributed by atoms with Crippen molar-refractivity contribution in [3.05, 3.63) is 0 Å². The molecule has 14 nitrogen and oxygen atoms in total. The first-order valence-electron chi connectivity index (χ1n) is 10.8. The van der Waals surface area contributed by atoms with Crippen LogP contribution in [0.5, 0.6) is 0 Å². The van der Waals surface area contributed by atoms with Crippen LogP contribution >= 0.6 is 0 Å². The van der Waals surface area contributed by atoms with Gasteiger partial charge in [-0.3, -0.25) is 34.1 Å². The molecule has 0 fully saturated rings. The first kappa shape index (κ1) is 30.7. The van der Waals surface area contributed by atoms with Crippen LogP contribution in [0, 0.1) is 5.92 Å². The Labute approximate surface area is 198 Å². The predicted octanol–water partition coefficient (Wildman–Crippen LogP) is -2.88. The van der Waals surface area contributed by atoms with Crippen LogP contribution in [0.4, 0.5) is 0 Å². The third-order valence-corrected chi connectivity index (χ3v) is 4.24. The number of carbonyl (C=O) groups is 6. The summed E-state index contributed by atoms with van der Waals surface area (Å²) in [7, 11) is 0. The maximum Gasteiger partial charge on any atom is 0.305 e.